The lowest BCUT2D eigenvalue weighted by Crippen LogP contribution is -2.32. The summed E-state index contributed by atoms with van der Waals surface area (Å²) in [7, 11) is 0. The summed E-state index contributed by atoms with van der Waals surface area (Å²) in [6.07, 6.45) is 9.78. The summed E-state index contributed by atoms with van der Waals surface area (Å²) in [4.78, 5) is 11.5. The minimum atomic E-state index is 0.0502. The molecule has 1 fully saturated rings. The molecule has 3 nitrogen and oxygen atoms in total. The van der Waals surface area contributed by atoms with Gasteiger partial charge in [-0.25, -0.2) is 0 Å². The lowest BCUT2D eigenvalue weighted by atomic mass is 9.98. The van der Waals surface area contributed by atoms with Gasteiger partial charge in [-0.05, 0) is 32.4 Å². The van der Waals surface area contributed by atoms with E-state index >= 15 is 0 Å². The minimum Gasteiger partial charge on any atom is -0.378 e. The fraction of sp³-hybridized carbons (Fsp3) is 0.923. The largest absolute Gasteiger partial charge is 0.378 e. The fourth-order valence-electron chi connectivity index (χ4n) is 2.02. The SMILES string of the molecule is CS[C@H](C)C(=O)NCCCOC1CCCCC1. The van der Waals surface area contributed by atoms with Gasteiger partial charge in [0.25, 0.3) is 0 Å². The van der Waals surface area contributed by atoms with E-state index < -0.39 is 0 Å². The molecule has 0 spiro atoms. The number of hydrogen-bond acceptors (Lipinski definition) is 3. The van der Waals surface area contributed by atoms with Crippen molar-refractivity contribution < 1.29 is 9.53 Å². The molecular weight excluding hydrogens is 234 g/mol. The first-order chi connectivity index (χ1) is 8.24. The maximum absolute atomic E-state index is 11.5. The van der Waals surface area contributed by atoms with Gasteiger partial charge in [0, 0.05) is 13.2 Å². The van der Waals surface area contributed by atoms with Gasteiger partial charge >= 0.3 is 0 Å². The van der Waals surface area contributed by atoms with Gasteiger partial charge in [-0.3, -0.25) is 4.79 Å². The summed E-state index contributed by atoms with van der Waals surface area (Å²) < 4.78 is 5.80. The van der Waals surface area contributed by atoms with E-state index in [0.29, 0.717) is 6.10 Å². The van der Waals surface area contributed by atoms with Crippen LogP contribution in [0.25, 0.3) is 0 Å². The molecule has 0 aromatic heterocycles. The molecule has 1 aliphatic rings. The Kier molecular flexibility index (Phi) is 7.69. The molecule has 4 heteroatoms. The van der Waals surface area contributed by atoms with Crippen LogP contribution in [0.3, 0.4) is 0 Å². The third-order valence-corrected chi connectivity index (χ3v) is 4.17. The van der Waals surface area contributed by atoms with Crippen LogP contribution in [0.5, 0.6) is 0 Å². The van der Waals surface area contributed by atoms with Crippen LogP contribution in [0, 0.1) is 0 Å². The predicted octanol–water partition coefficient (Wildman–Crippen LogP) is 2.59. The molecule has 0 aromatic rings. The number of nitrogens with one attached hydrogen (secondary N) is 1. The van der Waals surface area contributed by atoms with E-state index in [4.69, 9.17) is 4.74 Å². The van der Waals surface area contributed by atoms with Crippen molar-refractivity contribution in [2.24, 2.45) is 0 Å². The molecule has 100 valence electrons. The highest BCUT2D eigenvalue weighted by molar-refractivity contribution is 7.99. The Morgan fingerprint density at radius 2 is 2.12 bits per heavy atom. The van der Waals surface area contributed by atoms with Crippen LogP contribution in [0.15, 0.2) is 0 Å². The van der Waals surface area contributed by atoms with Gasteiger partial charge in [0.05, 0.1) is 11.4 Å². The van der Waals surface area contributed by atoms with E-state index in [1.54, 1.807) is 11.8 Å². The summed E-state index contributed by atoms with van der Waals surface area (Å²) in [6, 6.07) is 0. The molecular formula is C13H25NO2S. The van der Waals surface area contributed by atoms with Crippen LogP contribution >= 0.6 is 11.8 Å². The quantitative estimate of drug-likeness (QED) is 0.714. The Morgan fingerprint density at radius 3 is 2.76 bits per heavy atom. The molecule has 17 heavy (non-hydrogen) atoms. The smallest absolute Gasteiger partial charge is 0.232 e. The van der Waals surface area contributed by atoms with Crippen molar-refractivity contribution in [1.82, 2.24) is 5.32 Å². The van der Waals surface area contributed by atoms with Gasteiger partial charge in [-0.1, -0.05) is 19.3 Å². The van der Waals surface area contributed by atoms with E-state index in [0.717, 1.165) is 19.6 Å². The Labute approximate surface area is 109 Å². The third kappa shape index (κ3) is 6.32. The first kappa shape index (κ1) is 14.8. The number of carbonyl (C=O) groups is 1. The van der Waals surface area contributed by atoms with Crippen LogP contribution in [-0.4, -0.2) is 36.7 Å². The summed E-state index contributed by atoms with van der Waals surface area (Å²) in [5.41, 5.74) is 0. The molecule has 0 aromatic carbocycles. The maximum Gasteiger partial charge on any atom is 0.232 e. The molecule has 1 saturated carbocycles. The summed E-state index contributed by atoms with van der Waals surface area (Å²) in [6.45, 7) is 3.44. The summed E-state index contributed by atoms with van der Waals surface area (Å²) in [5, 5.41) is 2.98. The zero-order chi connectivity index (χ0) is 12.5. The van der Waals surface area contributed by atoms with Crippen molar-refractivity contribution in [3.63, 3.8) is 0 Å². The second-order valence-electron chi connectivity index (χ2n) is 4.65. The normalized spacial score (nSPS) is 18.9. The van der Waals surface area contributed by atoms with Gasteiger partial charge in [0.15, 0.2) is 0 Å². The highest BCUT2D eigenvalue weighted by atomic mass is 32.2. The van der Waals surface area contributed by atoms with Crippen molar-refractivity contribution in [2.45, 2.75) is 56.8 Å². The van der Waals surface area contributed by atoms with Crippen molar-refractivity contribution in [1.29, 1.82) is 0 Å². The lowest BCUT2D eigenvalue weighted by Gasteiger charge is -2.22. The number of ether oxygens (including phenoxy) is 1. The molecule has 0 heterocycles. The Balaban J connectivity index is 1.95. The van der Waals surface area contributed by atoms with Gasteiger partial charge in [0.2, 0.25) is 5.91 Å². The molecule has 1 atom stereocenters. The maximum atomic E-state index is 11.5. The average Bonchev–Trinajstić information content (AvgIpc) is 2.38. The minimum absolute atomic E-state index is 0.0502. The third-order valence-electron chi connectivity index (χ3n) is 3.25. The first-order valence-electron chi connectivity index (χ1n) is 6.66. The highest BCUT2D eigenvalue weighted by Crippen LogP contribution is 2.20. The molecule has 0 bridgehead atoms. The second-order valence-corrected chi connectivity index (χ2v) is 5.83. The molecule has 0 radical (unpaired) electrons. The number of thioether (sulfide) groups is 1. The van der Waals surface area contributed by atoms with E-state index in [1.807, 2.05) is 13.2 Å². The van der Waals surface area contributed by atoms with Crippen LogP contribution in [-0.2, 0) is 9.53 Å². The Bertz CT molecular complexity index is 217. The predicted molar refractivity (Wildman–Crippen MR) is 73.4 cm³/mol. The average molecular weight is 259 g/mol. The van der Waals surface area contributed by atoms with Crippen LogP contribution in [0.4, 0.5) is 0 Å². The fourth-order valence-corrected chi connectivity index (χ4v) is 2.31. The molecule has 1 N–H and O–H groups in total. The number of hydrogen-bond donors (Lipinski definition) is 1. The topological polar surface area (TPSA) is 38.3 Å². The van der Waals surface area contributed by atoms with E-state index in [2.05, 4.69) is 5.32 Å². The molecule has 0 unspecified atom stereocenters. The second kappa shape index (κ2) is 8.81. The molecule has 0 saturated heterocycles. The van der Waals surface area contributed by atoms with E-state index in [1.165, 1.54) is 32.1 Å². The molecule has 1 rings (SSSR count). The Morgan fingerprint density at radius 1 is 1.41 bits per heavy atom. The first-order valence-corrected chi connectivity index (χ1v) is 7.95. The van der Waals surface area contributed by atoms with Crippen molar-refractivity contribution in [2.75, 3.05) is 19.4 Å². The number of amides is 1. The van der Waals surface area contributed by atoms with Gasteiger partial charge < -0.3 is 10.1 Å². The molecule has 1 aliphatic carbocycles. The standard InChI is InChI=1S/C13H25NO2S/c1-11(17-2)13(15)14-9-6-10-16-12-7-4-3-5-8-12/h11-12H,3-10H2,1-2H3,(H,14,15)/t11-/m1/s1. The van der Waals surface area contributed by atoms with Crippen LogP contribution < -0.4 is 5.32 Å². The summed E-state index contributed by atoms with van der Waals surface area (Å²) >= 11 is 1.58. The van der Waals surface area contributed by atoms with Gasteiger partial charge in [-0.2, -0.15) is 11.8 Å². The molecule has 1 amide bonds. The van der Waals surface area contributed by atoms with Gasteiger partial charge in [-0.15, -0.1) is 0 Å². The van der Waals surface area contributed by atoms with Crippen molar-refractivity contribution >= 4 is 17.7 Å². The Hall–Kier alpha value is -0.220. The van der Waals surface area contributed by atoms with Crippen LogP contribution in [0.2, 0.25) is 0 Å². The van der Waals surface area contributed by atoms with Crippen LogP contribution in [0.1, 0.15) is 45.4 Å². The number of rotatable bonds is 7. The van der Waals surface area contributed by atoms with E-state index in [9.17, 15) is 4.79 Å². The van der Waals surface area contributed by atoms with Gasteiger partial charge in [0.1, 0.15) is 0 Å². The molecule has 0 aliphatic heterocycles. The highest BCUT2D eigenvalue weighted by Gasteiger charge is 2.13. The van der Waals surface area contributed by atoms with E-state index in [-0.39, 0.29) is 11.2 Å². The van der Waals surface area contributed by atoms with Crippen molar-refractivity contribution in [3.8, 4) is 0 Å². The lowest BCUT2D eigenvalue weighted by molar-refractivity contribution is -0.120. The monoisotopic (exact) mass is 259 g/mol. The number of carbonyl (C=O) groups excluding carboxylic acids is 1. The van der Waals surface area contributed by atoms with Crippen molar-refractivity contribution in [3.05, 3.63) is 0 Å². The zero-order valence-electron chi connectivity index (χ0n) is 11.0. The zero-order valence-corrected chi connectivity index (χ0v) is 11.9. The summed E-state index contributed by atoms with van der Waals surface area (Å²) in [5.74, 6) is 0.134.